The number of carbonyl (C=O) groups excluding carboxylic acids is 1. The topological polar surface area (TPSA) is 61.8 Å². The summed E-state index contributed by atoms with van der Waals surface area (Å²) >= 11 is 5.91. The Hall–Kier alpha value is -1.30. The molecule has 1 aromatic rings. The third-order valence-electron chi connectivity index (χ3n) is 3.50. The van der Waals surface area contributed by atoms with Crippen molar-refractivity contribution in [3.05, 3.63) is 23.2 Å². The highest BCUT2D eigenvalue weighted by Crippen LogP contribution is 2.28. The van der Waals surface area contributed by atoms with Crippen LogP contribution in [0.5, 0.6) is 5.75 Å². The monoisotopic (exact) mass is 298 g/mol. The number of amides is 1. The van der Waals surface area contributed by atoms with Crippen LogP contribution in [0.15, 0.2) is 18.2 Å². The molecule has 1 aromatic carbocycles. The fourth-order valence-electron chi connectivity index (χ4n) is 2.29. The number of halogens is 1. The Kier molecular flexibility index (Phi) is 4.52. The molecule has 1 heterocycles. The summed E-state index contributed by atoms with van der Waals surface area (Å²) in [4.78, 5) is 13.9. The Morgan fingerprint density at radius 3 is 2.85 bits per heavy atom. The van der Waals surface area contributed by atoms with E-state index in [1.54, 1.807) is 18.2 Å². The molecule has 1 aliphatic heterocycles. The molecule has 2 N–H and O–H groups in total. The van der Waals surface area contributed by atoms with Gasteiger partial charge in [-0.1, -0.05) is 18.5 Å². The average Bonchev–Trinajstić information content (AvgIpc) is 2.37. The van der Waals surface area contributed by atoms with Crippen LogP contribution >= 0.6 is 11.6 Å². The van der Waals surface area contributed by atoms with E-state index in [-0.39, 0.29) is 12.5 Å². The van der Waals surface area contributed by atoms with Crippen LogP contribution in [-0.4, -0.2) is 48.3 Å². The van der Waals surface area contributed by atoms with Gasteiger partial charge in [0, 0.05) is 18.1 Å². The highest BCUT2D eigenvalue weighted by atomic mass is 35.5. The molecule has 5 nitrogen and oxygen atoms in total. The van der Waals surface area contributed by atoms with E-state index in [9.17, 15) is 9.90 Å². The lowest BCUT2D eigenvalue weighted by molar-refractivity contribution is -0.128. The first-order chi connectivity index (χ1) is 9.45. The minimum atomic E-state index is -0.631. The summed E-state index contributed by atoms with van der Waals surface area (Å²) in [5.74, 6) is 0.417. The summed E-state index contributed by atoms with van der Waals surface area (Å²) in [6.45, 7) is 3.25. The number of hydrogen-bond donors (Lipinski definition) is 2. The predicted octanol–water partition coefficient (Wildman–Crippen LogP) is 1.74. The fraction of sp³-hybridized carbons (Fsp3) is 0.500. The van der Waals surface area contributed by atoms with E-state index in [4.69, 9.17) is 16.3 Å². The molecule has 1 aliphatic rings. The van der Waals surface area contributed by atoms with Crippen LogP contribution in [-0.2, 0) is 4.79 Å². The first-order valence-electron chi connectivity index (χ1n) is 6.54. The van der Waals surface area contributed by atoms with Crippen LogP contribution in [0.2, 0.25) is 5.02 Å². The third-order valence-corrected chi connectivity index (χ3v) is 3.73. The van der Waals surface area contributed by atoms with Gasteiger partial charge in [-0.15, -0.1) is 0 Å². The van der Waals surface area contributed by atoms with Gasteiger partial charge in [-0.3, -0.25) is 9.69 Å². The van der Waals surface area contributed by atoms with E-state index in [1.165, 1.54) is 7.11 Å². The number of nitrogens with zero attached hydrogens (tertiary/aromatic N) is 1. The van der Waals surface area contributed by atoms with Crippen LogP contribution < -0.4 is 10.1 Å². The number of benzene rings is 1. The Morgan fingerprint density at radius 1 is 1.55 bits per heavy atom. The summed E-state index contributed by atoms with van der Waals surface area (Å²) in [6, 6.07) is 5.06. The summed E-state index contributed by atoms with van der Waals surface area (Å²) in [5.41, 5.74) is -0.0788. The zero-order valence-corrected chi connectivity index (χ0v) is 12.4. The number of ether oxygens (including phenoxy) is 1. The molecule has 1 amide bonds. The number of β-amino-alcohol motifs (C(OH)–C–C–N with tert-alkyl or cyclic N) is 1. The van der Waals surface area contributed by atoms with Crippen LogP contribution in [0.1, 0.15) is 13.3 Å². The number of aliphatic hydroxyl groups is 1. The van der Waals surface area contributed by atoms with Crippen LogP contribution in [0.25, 0.3) is 0 Å². The molecule has 20 heavy (non-hydrogen) atoms. The predicted molar refractivity (Wildman–Crippen MR) is 78.3 cm³/mol. The molecule has 1 saturated heterocycles. The molecule has 0 saturated carbocycles. The smallest absolute Gasteiger partial charge is 0.238 e. The zero-order valence-electron chi connectivity index (χ0n) is 11.6. The lowest BCUT2D eigenvalue weighted by Gasteiger charge is -2.45. The van der Waals surface area contributed by atoms with Gasteiger partial charge in [0.1, 0.15) is 5.75 Å². The second-order valence-corrected chi connectivity index (χ2v) is 5.55. The van der Waals surface area contributed by atoms with Crippen LogP contribution in [0.3, 0.4) is 0 Å². The van der Waals surface area contributed by atoms with Crippen molar-refractivity contribution in [3.63, 3.8) is 0 Å². The van der Waals surface area contributed by atoms with Crippen molar-refractivity contribution in [1.29, 1.82) is 0 Å². The molecular formula is C14H19ClN2O3. The number of carbonyl (C=O) groups is 1. The summed E-state index contributed by atoms with van der Waals surface area (Å²) in [6.07, 6.45) is 0.702. The lowest BCUT2D eigenvalue weighted by atomic mass is 9.91. The number of anilines is 1. The number of hydrogen-bond acceptors (Lipinski definition) is 4. The van der Waals surface area contributed by atoms with Gasteiger partial charge < -0.3 is 15.2 Å². The van der Waals surface area contributed by atoms with E-state index >= 15 is 0 Å². The van der Waals surface area contributed by atoms with E-state index in [1.807, 2.05) is 11.8 Å². The van der Waals surface area contributed by atoms with Crippen molar-refractivity contribution in [3.8, 4) is 5.75 Å². The molecule has 1 fully saturated rings. The zero-order chi connectivity index (χ0) is 14.8. The quantitative estimate of drug-likeness (QED) is 0.869. The lowest BCUT2D eigenvalue weighted by Crippen LogP contribution is -2.62. The van der Waals surface area contributed by atoms with Gasteiger partial charge in [-0.2, -0.15) is 0 Å². The highest BCUT2D eigenvalue weighted by Gasteiger charge is 2.39. The average molecular weight is 299 g/mol. The van der Waals surface area contributed by atoms with Gasteiger partial charge in [0.25, 0.3) is 0 Å². The Bertz CT molecular complexity index is 501. The van der Waals surface area contributed by atoms with E-state index in [0.717, 1.165) is 0 Å². The minimum Gasteiger partial charge on any atom is -0.495 e. The molecule has 2 rings (SSSR count). The van der Waals surface area contributed by atoms with Gasteiger partial charge in [-0.05, 0) is 24.6 Å². The molecular weight excluding hydrogens is 280 g/mol. The normalized spacial score (nSPS) is 17.4. The van der Waals surface area contributed by atoms with Crippen molar-refractivity contribution >= 4 is 23.2 Å². The molecule has 0 aliphatic carbocycles. The van der Waals surface area contributed by atoms with Crippen molar-refractivity contribution in [2.45, 2.75) is 18.9 Å². The highest BCUT2D eigenvalue weighted by molar-refractivity contribution is 6.31. The third kappa shape index (κ3) is 3.42. The van der Waals surface area contributed by atoms with Crippen LogP contribution in [0, 0.1) is 0 Å². The largest absolute Gasteiger partial charge is 0.495 e. The maximum atomic E-state index is 12.0. The number of rotatable bonds is 5. The first kappa shape index (κ1) is 15.1. The van der Waals surface area contributed by atoms with Gasteiger partial charge in [0.2, 0.25) is 5.91 Å². The maximum absolute atomic E-state index is 12.0. The van der Waals surface area contributed by atoms with Crippen molar-refractivity contribution in [1.82, 2.24) is 4.90 Å². The number of methoxy groups -OCH3 is 1. The summed E-state index contributed by atoms with van der Waals surface area (Å²) in [5, 5.41) is 13.2. The molecule has 0 unspecified atom stereocenters. The summed E-state index contributed by atoms with van der Waals surface area (Å²) in [7, 11) is 1.54. The Labute approximate surface area is 123 Å². The van der Waals surface area contributed by atoms with E-state index < -0.39 is 5.60 Å². The van der Waals surface area contributed by atoms with Crippen molar-refractivity contribution < 1.29 is 14.6 Å². The number of likely N-dealkylation sites (tertiary alicyclic amines) is 1. The standard InChI is InChI=1S/C14H19ClN2O3/c1-3-14(19)8-17(9-14)7-13(18)16-11-6-10(15)4-5-12(11)20-2/h4-6,19H,3,7-9H2,1-2H3,(H,16,18). The SMILES string of the molecule is CCC1(O)CN(CC(=O)Nc2cc(Cl)ccc2OC)C1. The minimum absolute atomic E-state index is 0.149. The molecule has 0 bridgehead atoms. The van der Waals surface area contributed by atoms with Crippen LogP contribution in [0.4, 0.5) is 5.69 Å². The maximum Gasteiger partial charge on any atom is 0.238 e. The molecule has 110 valence electrons. The second-order valence-electron chi connectivity index (χ2n) is 5.12. The Morgan fingerprint density at radius 2 is 2.25 bits per heavy atom. The fourth-order valence-corrected chi connectivity index (χ4v) is 2.46. The van der Waals surface area contributed by atoms with E-state index in [0.29, 0.717) is 36.0 Å². The second kappa shape index (κ2) is 5.99. The van der Waals surface area contributed by atoms with Crippen molar-refractivity contribution in [2.75, 3.05) is 32.1 Å². The first-order valence-corrected chi connectivity index (χ1v) is 6.92. The molecule has 0 spiro atoms. The molecule has 0 atom stereocenters. The van der Waals surface area contributed by atoms with E-state index in [2.05, 4.69) is 5.32 Å². The Balaban J connectivity index is 1.91. The van der Waals surface area contributed by atoms with Gasteiger partial charge in [-0.25, -0.2) is 0 Å². The molecule has 0 aromatic heterocycles. The summed E-state index contributed by atoms with van der Waals surface area (Å²) < 4.78 is 5.17. The van der Waals surface area contributed by atoms with Gasteiger partial charge >= 0.3 is 0 Å². The van der Waals surface area contributed by atoms with Gasteiger partial charge in [0.05, 0.1) is 24.9 Å². The molecule has 0 radical (unpaired) electrons. The molecule has 6 heteroatoms. The van der Waals surface area contributed by atoms with Gasteiger partial charge in [0.15, 0.2) is 0 Å². The van der Waals surface area contributed by atoms with Crippen molar-refractivity contribution in [2.24, 2.45) is 0 Å². The number of nitrogens with one attached hydrogen (secondary N) is 1.